The van der Waals surface area contributed by atoms with Gasteiger partial charge in [0.25, 0.3) is 5.56 Å². The van der Waals surface area contributed by atoms with Gasteiger partial charge in [-0.2, -0.15) is 5.21 Å². The third-order valence-electron chi connectivity index (χ3n) is 7.74. The first-order valence-electron chi connectivity index (χ1n) is 14.6. The fourth-order valence-electron chi connectivity index (χ4n) is 5.41. The number of benzene rings is 2. The number of nitrogens with one attached hydrogen (secondary N) is 2. The minimum atomic E-state index is -1.74. The van der Waals surface area contributed by atoms with Crippen molar-refractivity contribution in [3.8, 4) is 22.5 Å². The second-order valence-corrected chi connectivity index (χ2v) is 13.6. The van der Waals surface area contributed by atoms with Crippen LogP contribution in [-0.2, 0) is 22.4 Å². The number of aryl methyl sites for hydroxylation is 2. The van der Waals surface area contributed by atoms with Gasteiger partial charge in [-0.15, -0.1) is 10.2 Å². The van der Waals surface area contributed by atoms with Gasteiger partial charge in [-0.3, -0.25) is 14.1 Å². The van der Waals surface area contributed by atoms with Crippen molar-refractivity contribution < 1.29 is 0 Å². The van der Waals surface area contributed by atoms with Crippen LogP contribution in [0.1, 0.15) is 74.5 Å². The zero-order chi connectivity index (χ0) is 28.7. The summed E-state index contributed by atoms with van der Waals surface area (Å²) in [6.45, 7) is 4.43. The molecule has 4 aromatic rings. The van der Waals surface area contributed by atoms with Crippen LogP contribution >= 0.6 is 0 Å². The highest BCUT2D eigenvalue weighted by Crippen LogP contribution is 2.31. The monoisotopic (exact) mass is 569 g/mol. The maximum atomic E-state index is 14.0. The van der Waals surface area contributed by atoms with E-state index in [1.54, 1.807) is 10.6 Å². The van der Waals surface area contributed by atoms with Gasteiger partial charge in [-0.1, -0.05) is 89.5 Å². The van der Waals surface area contributed by atoms with Crippen molar-refractivity contribution in [1.82, 2.24) is 30.2 Å². The fraction of sp³-hybridized carbons (Fsp3) is 0.406. The largest absolute Gasteiger partial charge is 0.292 e. The molecule has 1 fully saturated rings. The first kappa shape index (κ1) is 28.7. The van der Waals surface area contributed by atoms with Crippen molar-refractivity contribution in [2.75, 3.05) is 11.5 Å². The van der Waals surface area contributed by atoms with Crippen molar-refractivity contribution in [3.05, 3.63) is 81.5 Å². The summed E-state index contributed by atoms with van der Waals surface area (Å²) in [5.74, 6) is 3.03. The first-order chi connectivity index (χ1) is 20.0. The molecule has 2 N–H and O–H groups in total. The molecule has 8 nitrogen and oxygen atoms in total. The minimum absolute atomic E-state index is 0.0711. The molecule has 0 atom stereocenters. The Morgan fingerprint density at radius 3 is 2.51 bits per heavy atom. The second kappa shape index (κ2) is 13.2. The van der Waals surface area contributed by atoms with E-state index >= 15 is 0 Å². The van der Waals surface area contributed by atoms with Crippen LogP contribution in [0.4, 0.5) is 0 Å². The van der Waals surface area contributed by atoms with Crippen molar-refractivity contribution in [3.63, 3.8) is 0 Å². The molecule has 41 heavy (non-hydrogen) atoms. The standard InChI is InChI=1S/C32H39N7OS/c1-3-4-15-30-34-24(2)27(18-21-41(33)19-11-6-5-7-12-20-41)32(40)39(30)23-25-16-17-28(26-13-9-8-10-14-26)29(22-25)31-35-37-38-36-31/h8-10,13-14,16-18,22,33H,3-7,11-12,15,19-20,23H2,1-2H3,(H,35,36,37,38). The Kier molecular flexibility index (Phi) is 9.27. The second-order valence-electron chi connectivity index (χ2n) is 10.8. The van der Waals surface area contributed by atoms with E-state index in [9.17, 15) is 4.79 Å². The molecule has 1 saturated heterocycles. The Morgan fingerprint density at radius 1 is 1.05 bits per heavy atom. The van der Waals surface area contributed by atoms with E-state index in [0.717, 1.165) is 71.7 Å². The van der Waals surface area contributed by atoms with Crippen LogP contribution in [0, 0.1) is 11.7 Å². The highest BCUT2D eigenvalue weighted by atomic mass is 32.2. The molecule has 2 aromatic heterocycles. The lowest BCUT2D eigenvalue weighted by molar-refractivity contribution is 0.631. The molecule has 9 heteroatoms. The number of aromatic amines is 1. The van der Waals surface area contributed by atoms with Crippen LogP contribution in [-0.4, -0.2) is 46.7 Å². The van der Waals surface area contributed by atoms with E-state index in [1.807, 2.05) is 31.2 Å². The maximum Gasteiger partial charge on any atom is 0.261 e. The summed E-state index contributed by atoms with van der Waals surface area (Å²) >= 11 is 0. The minimum Gasteiger partial charge on any atom is -0.292 e. The third kappa shape index (κ3) is 6.92. The molecule has 0 unspecified atom stereocenters. The molecule has 0 saturated carbocycles. The van der Waals surface area contributed by atoms with Crippen LogP contribution in [0.5, 0.6) is 0 Å². The average Bonchev–Trinajstić information content (AvgIpc) is 3.51. The summed E-state index contributed by atoms with van der Waals surface area (Å²) < 4.78 is 10.9. The van der Waals surface area contributed by atoms with Crippen LogP contribution < -0.4 is 5.56 Å². The average molecular weight is 570 g/mol. The van der Waals surface area contributed by atoms with E-state index in [-0.39, 0.29) is 5.56 Å². The smallest absolute Gasteiger partial charge is 0.261 e. The molecule has 2 aromatic carbocycles. The first-order valence-corrected chi connectivity index (χ1v) is 16.6. The van der Waals surface area contributed by atoms with E-state index < -0.39 is 9.41 Å². The van der Waals surface area contributed by atoms with E-state index in [1.165, 1.54) is 19.3 Å². The molecule has 1 aliphatic heterocycles. The Labute approximate surface area is 242 Å². The van der Waals surface area contributed by atoms with Crippen molar-refractivity contribution in [2.45, 2.75) is 71.8 Å². The Hall–Kier alpha value is -3.81. The summed E-state index contributed by atoms with van der Waals surface area (Å²) in [4.78, 5) is 19.0. The van der Waals surface area contributed by atoms with Gasteiger partial charge in [0, 0.05) is 29.6 Å². The number of aromatic nitrogens is 6. The molecule has 214 valence electrons. The van der Waals surface area contributed by atoms with Gasteiger partial charge in [0.2, 0.25) is 5.82 Å². The Bertz CT molecular complexity index is 1680. The number of unbranched alkanes of at least 4 members (excludes halogenated alkanes) is 1. The Morgan fingerprint density at radius 2 is 1.80 bits per heavy atom. The maximum absolute atomic E-state index is 14.0. The summed E-state index contributed by atoms with van der Waals surface area (Å²) in [5, 5.41) is 18.3. The lowest BCUT2D eigenvalue weighted by atomic mass is 9.97. The highest BCUT2D eigenvalue weighted by molar-refractivity contribution is 8.01. The number of hydrogen-bond donors (Lipinski definition) is 2. The van der Waals surface area contributed by atoms with Crippen molar-refractivity contribution in [1.29, 1.82) is 4.78 Å². The van der Waals surface area contributed by atoms with Gasteiger partial charge in [-0.05, 0) is 54.2 Å². The van der Waals surface area contributed by atoms with Crippen LogP contribution in [0.15, 0.2) is 53.3 Å². The van der Waals surface area contributed by atoms with E-state index in [0.29, 0.717) is 23.6 Å². The van der Waals surface area contributed by atoms with Gasteiger partial charge < -0.3 is 0 Å². The van der Waals surface area contributed by atoms with Crippen LogP contribution in [0.3, 0.4) is 0 Å². The molecular weight excluding hydrogens is 530 g/mol. The van der Waals surface area contributed by atoms with Gasteiger partial charge in [0.15, 0.2) is 0 Å². The SMILES string of the molecule is CCCCc1nc(C)c(C=C=S2(=N)CCCCCCC2)c(=O)n1Cc1ccc(-c2ccccc2)c(-c2nn[nH]n2)c1. The van der Waals surface area contributed by atoms with Crippen LogP contribution in [0.2, 0.25) is 0 Å². The molecule has 0 radical (unpaired) electrons. The predicted octanol–water partition coefficient (Wildman–Crippen LogP) is 6.08. The predicted molar refractivity (Wildman–Crippen MR) is 168 cm³/mol. The molecule has 5 rings (SSSR count). The number of hydrogen-bond acceptors (Lipinski definition) is 6. The van der Waals surface area contributed by atoms with E-state index in [4.69, 9.17) is 9.76 Å². The molecule has 0 bridgehead atoms. The highest BCUT2D eigenvalue weighted by Gasteiger charge is 2.17. The van der Waals surface area contributed by atoms with Crippen molar-refractivity contribution >= 4 is 20.5 Å². The zero-order valence-corrected chi connectivity index (χ0v) is 24.8. The van der Waals surface area contributed by atoms with Crippen molar-refractivity contribution in [2.24, 2.45) is 0 Å². The van der Waals surface area contributed by atoms with Crippen LogP contribution in [0.25, 0.3) is 28.6 Å². The normalized spacial score (nSPS) is 15.1. The van der Waals surface area contributed by atoms with E-state index in [2.05, 4.69) is 56.8 Å². The van der Waals surface area contributed by atoms with Gasteiger partial charge in [-0.25, -0.2) is 4.98 Å². The summed E-state index contributed by atoms with van der Waals surface area (Å²) in [6.07, 6.45) is 10.3. The summed E-state index contributed by atoms with van der Waals surface area (Å²) in [6, 6.07) is 16.3. The number of tetrazole rings is 1. The molecule has 0 aliphatic carbocycles. The summed E-state index contributed by atoms with van der Waals surface area (Å²) in [7, 11) is -1.74. The number of H-pyrrole nitrogens is 1. The lowest BCUT2D eigenvalue weighted by Gasteiger charge is -2.17. The molecule has 1 aliphatic rings. The fourth-order valence-corrected chi connectivity index (χ4v) is 7.59. The topological polar surface area (TPSA) is 113 Å². The van der Waals surface area contributed by atoms with Gasteiger partial charge in [0.1, 0.15) is 5.82 Å². The molecule has 0 amide bonds. The third-order valence-corrected chi connectivity index (χ3v) is 10.3. The summed E-state index contributed by atoms with van der Waals surface area (Å²) in [5.41, 5.74) is 5.05. The number of nitrogens with zero attached hydrogens (tertiary/aromatic N) is 5. The molecule has 0 spiro atoms. The Balaban J connectivity index is 1.59. The van der Waals surface area contributed by atoms with Gasteiger partial charge >= 0.3 is 0 Å². The lowest BCUT2D eigenvalue weighted by Crippen LogP contribution is -2.29. The molecule has 3 heterocycles. The zero-order valence-electron chi connectivity index (χ0n) is 24.0. The quantitative estimate of drug-likeness (QED) is 0.250. The van der Waals surface area contributed by atoms with Gasteiger partial charge in [0.05, 0.1) is 17.8 Å². The molecular formula is C32H39N7OS. The number of rotatable bonds is 8.